The van der Waals surface area contributed by atoms with Gasteiger partial charge in [-0.25, -0.2) is 4.68 Å². The third-order valence-electron chi connectivity index (χ3n) is 2.90. The lowest BCUT2D eigenvalue weighted by molar-refractivity contribution is 0.811. The van der Waals surface area contributed by atoms with Crippen molar-refractivity contribution in [3.05, 3.63) is 48.2 Å². The van der Waals surface area contributed by atoms with Crippen LogP contribution in [0.15, 0.2) is 42.5 Å². The number of aryl methyl sites for hydroxylation is 1. The SMILES string of the molecule is CCCC/C=C/n1nc(C)cc1-c1ccccc1. The summed E-state index contributed by atoms with van der Waals surface area (Å²) >= 11 is 0. The second kappa shape index (κ2) is 6.20. The Kier molecular flexibility index (Phi) is 4.35. The molecular weight excluding hydrogens is 220 g/mol. The lowest BCUT2D eigenvalue weighted by Gasteiger charge is -2.02. The minimum atomic E-state index is 1.05. The fourth-order valence-corrected chi connectivity index (χ4v) is 1.95. The van der Waals surface area contributed by atoms with Crippen molar-refractivity contribution in [3.8, 4) is 11.3 Å². The zero-order valence-electron chi connectivity index (χ0n) is 11.1. The standard InChI is InChI=1S/C16H20N2/c1-3-4-5-9-12-18-16(13-14(2)17-18)15-10-7-6-8-11-15/h6-13H,3-5H2,1-2H3/b12-9+. The Bertz CT molecular complexity index is 509. The average Bonchev–Trinajstić information content (AvgIpc) is 2.77. The van der Waals surface area contributed by atoms with Gasteiger partial charge in [0, 0.05) is 11.8 Å². The summed E-state index contributed by atoms with van der Waals surface area (Å²) in [6.07, 6.45) is 7.85. The van der Waals surface area contributed by atoms with E-state index in [0.717, 1.165) is 17.8 Å². The Morgan fingerprint density at radius 1 is 1.22 bits per heavy atom. The van der Waals surface area contributed by atoms with E-state index >= 15 is 0 Å². The van der Waals surface area contributed by atoms with Gasteiger partial charge in [0.05, 0.1) is 11.4 Å². The first-order chi connectivity index (χ1) is 8.81. The number of allylic oxidation sites excluding steroid dienone is 1. The van der Waals surface area contributed by atoms with Gasteiger partial charge in [-0.1, -0.05) is 56.2 Å². The van der Waals surface area contributed by atoms with Crippen molar-refractivity contribution in [2.24, 2.45) is 0 Å². The van der Waals surface area contributed by atoms with Crippen LogP contribution in [0.25, 0.3) is 17.5 Å². The fraction of sp³-hybridized carbons (Fsp3) is 0.312. The maximum atomic E-state index is 4.51. The molecule has 0 aliphatic carbocycles. The van der Waals surface area contributed by atoms with Gasteiger partial charge in [-0.05, 0) is 19.4 Å². The summed E-state index contributed by atoms with van der Waals surface area (Å²) in [4.78, 5) is 0. The van der Waals surface area contributed by atoms with Crippen molar-refractivity contribution in [1.82, 2.24) is 9.78 Å². The highest BCUT2D eigenvalue weighted by Crippen LogP contribution is 2.20. The van der Waals surface area contributed by atoms with E-state index in [0.29, 0.717) is 0 Å². The van der Waals surface area contributed by atoms with E-state index in [1.165, 1.54) is 18.4 Å². The lowest BCUT2D eigenvalue weighted by atomic mass is 10.1. The van der Waals surface area contributed by atoms with Gasteiger partial charge >= 0.3 is 0 Å². The molecule has 0 atom stereocenters. The highest BCUT2D eigenvalue weighted by Gasteiger charge is 2.04. The molecule has 0 aliphatic rings. The molecule has 1 heterocycles. The highest BCUT2D eigenvalue weighted by molar-refractivity contribution is 5.62. The fourth-order valence-electron chi connectivity index (χ4n) is 1.95. The Balaban J connectivity index is 2.23. The molecule has 0 radical (unpaired) electrons. The zero-order chi connectivity index (χ0) is 12.8. The Morgan fingerprint density at radius 3 is 2.72 bits per heavy atom. The van der Waals surface area contributed by atoms with E-state index in [-0.39, 0.29) is 0 Å². The van der Waals surface area contributed by atoms with E-state index in [4.69, 9.17) is 0 Å². The van der Waals surface area contributed by atoms with Gasteiger partial charge < -0.3 is 0 Å². The molecule has 2 aromatic rings. The summed E-state index contributed by atoms with van der Waals surface area (Å²) in [5.41, 5.74) is 3.41. The normalized spacial score (nSPS) is 11.2. The predicted octanol–water partition coefficient (Wildman–Crippen LogP) is 4.52. The molecule has 94 valence electrons. The van der Waals surface area contributed by atoms with Crippen LogP contribution in [0.2, 0.25) is 0 Å². The monoisotopic (exact) mass is 240 g/mol. The van der Waals surface area contributed by atoms with Gasteiger partial charge in [-0.3, -0.25) is 0 Å². The Hall–Kier alpha value is -1.83. The molecule has 0 aliphatic heterocycles. The van der Waals surface area contributed by atoms with Crippen LogP contribution in [-0.4, -0.2) is 9.78 Å². The van der Waals surface area contributed by atoms with E-state index in [1.807, 2.05) is 17.7 Å². The molecule has 0 unspecified atom stereocenters. The maximum absolute atomic E-state index is 4.51. The molecular formula is C16H20N2. The summed E-state index contributed by atoms with van der Waals surface area (Å²) < 4.78 is 1.97. The van der Waals surface area contributed by atoms with Crippen LogP contribution < -0.4 is 0 Å². The quantitative estimate of drug-likeness (QED) is 0.703. The Morgan fingerprint density at radius 2 is 2.00 bits per heavy atom. The van der Waals surface area contributed by atoms with Gasteiger partial charge in [-0.2, -0.15) is 5.10 Å². The molecule has 1 aromatic carbocycles. The lowest BCUT2D eigenvalue weighted by Crippen LogP contribution is -1.92. The van der Waals surface area contributed by atoms with Crippen molar-refractivity contribution in [3.63, 3.8) is 0 Å². The largest absolute Gasteiger partial charge is 0.240 e. The van der Waals surface area contributed by atoms with Crippen LogP contribution in [0.1, 0.15) is 31.9 Å². The zero-order valence-corrected chi connectivity index (χ0v) is 11.1. The summed E-state index contributed by atoms with van der Waals surface area (Å²) in [5, 5.41) is 4.51. The third-order valence-corrected chi connectivity index (χ3v) is 2.90. The number of hydrogen-bond acceptors (Lipinski definition) is 1. The second-order valence-electron chi connectivity index (χ2n) is 4.51. The molecule has 0 saturated heterocycles. The molecule has 18 heavy (non-hydrogen) atoms. The van der Waals surface area contributed by atoms with Gasteiger partial charge in [0.2, 0.25) is 0 Å². The first-order valence-corrected chi connectivity index (χ1v) is 6.59. The molecule has 2 rings (SSSR count). The smallest absolute Gasteiger partial charge is 0.0736 e. The topological polar surface area (TPSA) is 17.8 Å². The summed E-state index contributed by atoms with van der Waals surface area (Å²) in [6, 6.07) is 12.5. The number of aromatic nitrogens is 2. The molecule has 1 aromatic heterocycles. The molecule has 0 bridgehead atoms. The number of nitrogens with zero attached hydrogens (tertiary/aromatic N) is 2. The van der Waals surface area contributed by atoms with Gasteiger partial charge in [-0.15, -0.1) is 0 Å². The molecule has 2 heteroatoms. The minimum Gasteiger partial charge on any atom is -0.240 e. The third kappa shape index (κ3) is 3.10. The first-order valence-electron chi connectivity index (χ1n) is 6.59. The molecule has 0 fully saturated rings. The first kappa shape index (κ1) is 12.6. The Labute approximate surface area is 109 Å². The van der Waals surface area contributed by atoms with Gasteiger partial charge in [0.1, 0.15) is 0 Å². The van der Waals surface area contributed by atoms with Crippen molar-refractivity contribution in [1.29, 1.82) is 0 Å². The molecule has 0 amide bonds. The van der Waals surface area contributed by atoms with Crippen LogP contribution in [0, 0.1) is 6.92 Å². The van der Waals surface area contributed by atoms with Crippen molar-refractivity contribution in [2.45, 2.75) is 33.1 Å². The van der Waals surface area contributed by atoms with Gasteiger partial charge in [0.25, 0.3) is 0 Å². The molecule has 0 N–H and O–H groups in total. The van der Waals surface area contributed by atoms with Gasteiger partial charge in [0.15, 0.2) is 0 Å². The molecule has 0 spiro atoms. The van der Waals surface area contributed by atoms with Crippen LogP contribution in [0.3, 0.4) is 0 Å². The minimum absolute atomic E-state index is 1.05. The summed E-state index contributed by atoms with van der Waals surface area (Å²) in [6.45, 7) is 4.24. The van der Waals surface area contributed by atoms with Crippen molar-refractivity contribution in [2.75, 3.05) is 0 Å². The number of benzene rings is 1. The van der Waals surface area contributed by atoms with E-state index in [2.05, 4.69) is 54.6 Å². The van der Waals surface area contributed by atoms with Crippen LogP contribution in [0.4, 0.5) is 0 Å². The molecule has 2 nitrogen and oxygen atoms in total. The predicted molar refractivity (Wildman–Crippen MR) is 77.3 cm³/mol. The van der Waals surface area contributed by atoms with Crippen molar-refractivity contribution >= 4 is 6.20 Å². The number of rotatable bonds is 5. The number of hydrogen-bond donors (Lipinski definition) is 0. The highest BCUT2D eigenvalue weighted by atomic mass is 15.3. The van der Waals surface area contributed by atoms with Crippen LogP contribution >= 0.6 is 0 Å². The summed E-state index contributed by atoms with van der Waals surface area (Å²) in [5.74, 6) is 0. The maximum Gasteiger partial charge on any atom is 0.0736 e. The van der Waals surface area contributed by atoms with Crippen LogP contribution in [-0.2, 0) is 0 Å². The second-order valence-corrected chi connectivity index (χ2v) is 4.51. The van der Waals surface area contributed by atoms with E-state index in [1.54, 1.807) is 0 Å². The average molecular weight is 240 g/mol. The van der Waals surface area contributed by atoms with Crippen LogP contribution in [0.5, 0.6) is 0 Å². The molecule has 0 saturated carbocycles. The number of unbranched alkanes of at least 4 members (excludes halogenated alkanes) is 2. The van der Waals surface area contributed by atoms with E-state index < -0.39 is 0 Å². The van der Waals surface area contributed by atoms with E-state index in [9.17, 15) is 0 Å². The summed E-state index contributed by atoms with van der Waals surface area (Å²) in [7, 11) is 0. The van der Waals surface area contributed by atoms with Crippen molar-refractivity contribution < 1.29 is 0 Å².